The number of nitrogens with one attached hydrogen (secondary N) is 5. The molecule has 5 amide bonds. The second-order valence-electron chi connectivity index (χ2n) is 18.4. The lowest BCUT2D eigenvalue weighted by Crippen LogP contribution is -2.63. The Morgan fingerprint density at radius 1 is 0.522 bits per heavy atom. The van der Waals surface area contributed by atoms with Gasteiger partial charge in [0.1, 0.15) is 30.5 Å². The van der Waals surface area contributed by atoms with E-state index in [0.717, 1.165) is 108 Å². The fourth-order valence-electron chi connectivity index (χ4n) is 8.36. The first kappa shape index (κ1) is 59.5. The Hall–Kier alpha value is -3.67. The Morgan fingerprint density at radius 2 is 0.970 bits per heavy atom. The molecule has 0 radical (unpaired) electrons. The molecular formula is C51H90N6O10. The van der Waals surface area contributed by atoms with Crippen LogP contribution in [0.1, 0.15) is 185 Å². The summed E-state index contributed by atoms with van der Waals surface area (Å²) in [6.45, 7) is 0.522. The van der Waals surface area contributed by atoms with Crippen LogP contribution >= 0.6 is 0 Å². The molecule has 384 valence electrons. The summed E-state index contributed by atoms with van der Waals surface area (Å²) < 4.78 is 5.33. The predicted octanol–water partition coefficient (Wildman–Crippen LogP) is 4.86. The van der Waals surface area contributed by atoms with Gasteiger partial charge in [-0.1, -0.05) is 172 Å². The molecule has 11 N–H and O–H groups in total. The predicted molar refractivity (Wildman–Crippen MR) is 261 cm³/mol. The van der Waals surface area contributed by atoms with Crippen LogP contribution in [0.5, 0.6) is 0 Å². The number of hydrogen-bond donors (Lipinski definition) is 10. The molecule has 0 spiro atoms. The monoisotopic (exact) mass is 947 g/mol. The average molecular weight is 947 g/mol. The standard InChI is InChI=1S/C51H90N6O10/c52-37-45(61)55-38-46(62)53-34-28-21-17-14-10-12-15-19-26-32-43(59)56-41(36-40-30-24-23-25-31-40)50(66)54-35-29-22-18-13-9-7-5-3-1-2-4-6-8-11-16-20-27-33-44(60)57-51-49(65)48(64)47(63)42(39-58)67-51/h23-25,30-31,41-42,47-49,51,58,63-65H,1-22,26-29,32-39,52H2,(H,53,62)(H,54,66)(H,55,61)(H,56,59)(H,57,60)/t41?,42-,47-,48+,49-,51-/m1/s1. The summed E-state index contributed by atoms with van der Waals surface area (Å²) in [5.74, 6) is -1.03. The maximum absolute atomic E-state index is 13.2. The van der Waals surface area contributed by atoms with Crippen molar-refractivity contribution in [1.82, 2.24) is 26.6 Å². The molecule has 6 atom stereocenters. The second kappa shape index (κ2) is 39.2. The number of unbranched alkanes of at least 4 members (excludes halogenated alkanes) is 24. The van der Waals surface area contributed by atoms with Crippen molar-refractivity contribution in [3.05, 3.63) is 35.9 Å². The number of ether oxygens (including phenoxy) is 1. The van der Waals surface area contributed by atoms with Crippen LogP contribution in [0, 0.1) is 0 Å². The number of hydrogen-bond acceptors (Lipinski definition) is 11. The van der Waals surface area contributed by atoms with Crippen molar-refractivity contribution in [2.75, 3.05) is 32.8 Å². The van der Waals surface area contributed by atoms with Gasteiger partial charge in [-0.2, -0.15) is 0 Å². The quantitative estimate of drug-likeness (QED) is 0.0397. The summed E-state index contributed by atoms with van der Waals surface area (Å²) in [6.07, 6.45) is 23.5. The lowest BCUT2D eigenvalue weighted by Gasteiger charge is -2.40. The van der Waals surface area contributed by atoms with Crippen molar-refractivity contribution in [3.63, 3.8) is 0 Å². The summed E-state index contributed by atoms with van der Waals surface area (Å²) in [7, 11) is 0. The van der Waals surface area contributed by atoms with E-state index in [2.05, 4.69) is 26.6 Å². The highest BCUT2D eigenvalue weighted by Crippen LogP contribution is 2.20. The molecule has 16 nitrogen and oxygen atoms in total. The first-order valence-electron chi connectivity index (χ1n) is 26.0. The van der Waals surface area contributed by atoms with E-state index in [0.29, 0.717) is 25.9 Å². The van der Waals surface area contributed by atoms with E-state index in [1.54, 1.807) is 0 Å². The molecule has 0 aromatic heterocycles. The van der Waals surface area contributed by atoms with E-state index in [-0.39, 0.29) is 49.0 Å². The molecular weight excluding hydrogens is 857 g/mol. The van der Waals surface area contributed by atoms with Crippen LogP contribution in [-0.2, 0) is 35.1 Å². The van der Waals surface area contributed by atoms with Crippen LogP contribution in [0.3, 0.4) is 0 Å². The van der Waals surface area contributed by atoms with Gasteiger partial charge in [0.15, 0.2) is 6.23 Å². The molecule has 1 aliphatic heterocycles. The third-order valence-electron chi connectivity index (χ3n) is 12.5. The molecule has 16 heteroatoms. The summed E-state index contributed by atoms with van der Waals surface area (Å²) >= 11 is 0. The first-order valence-corrected chi connectivity index (χ1v) is 26.0. The lowest BCUT2D eigenvalue weighted by atomic mass is 9.98. The van der Waals surface area contributed by atoms with Crippen molar-refractivity contribution in [1.29, 1.82) is 0 Å². The minimum absolute atomic E-state index is 0.0405. The molecule has 0 aliphatic carbocycles. The highest BCUT2D eigenvalue weighted by molar-refractivity contribution is 5.88. The van der Waals surface area contributed by atoms with Crippen LogP contribution in [0.4, 0.5) is 0 Å². The smallest absolute Gasteiger partial charge is 0.242 e. The Kier molecular flexibility index (Phi) is 34.8. The van der Waals surface area contributed by atoms with Gasteiger partial charge in [-0.25, -0.2) is 0 Å². The molecule has 0 bridgehead atoms. The van der Waals surface area contributed by atoms with Gasteiger partial charge in [-0.3, -0.25) is 24.0 Å². The van der Waals surface area contributed by atoms with E-state index in [4.69, 9.17) is 10.5 Å². The molecule has 1 saturated heterocycles. The van der Waals surface area contributed by atoms with E-state index in [1.807, 2.05) is 30.3 Å². The molecule has 67 heavy (non-hydrogen) atoms. The van der Waals surface area contributed by atoms with Gasteiger partial charge >= 0.3 is 0 Å². The number of benzene rings is 1. The molecule has 0 saturated carbocycles. The zero-order chi connectivity index (χ0) is 48.7. The third-order valence-corrected chi connectivity index (χ3v) is 12.5. The number of amides is 5. The van der Waals surface area contributed by atoms with E-state index >= 15 is 0 Å². The van der Waals surface area contributed by atoms with E-state index in [9.17, 15) is 44.4 Å². The summed E-state index contributed by atoms with van der Waals surface area (Å²) in [6, 6.07) is 9.24. The Bertz CT molecular complexity index is 1460. The van der Waals surface area contributed by atoms with E-state index in [1.165, 1.54) is 64.2 Å². The highest BCUT2D eigenvalue weighted by atomic mass is 16.6. The van der Waals surface area contributed by atoms with Crippen LogP contribution in [-0.4, -0.2) is 119 Å². The van der Waals surface area contributed by atoms with Crippen LogP contribution in [0.15, 0.2) is 30.3 Å². The van der Waals surface area contributed by atoms with Crippen LogP contribution in [0.25, 0.3) is 0 Å². The van der Waals surface area contributed by atoms with Crippen molar-refractivity contribution in [3.8, 4) is 0 Å². The second-order valence-corrected chi connectivity index (χ2v) is 18.4. The number of carbonyl (C=O) groups excluding carboxylic acids is 5. The Labute approximate surface area is 401 Å². The van der Waals surface area contributed by atoms with Gasteiger partial charge < -0.3 is 57.5 Å². The largest absolute Gasteiger partial charge is 0.394 e. The van der Waals surface area contributed by atoms with Gasteiger partial charge in [-0.05, 0) is 31.2 Å². The molecule has 2 rings (SSSR count). The van der Waals surface area contributed by atoms with Crippen LogP contribution in [0.2, 0.25) is 0 Å². The van der Waals surface area contributed by atoms with Gasteiger partial charge in [0, 0.05) is 32.4 Å². The van der Waals surface area contributed by atoms with Gasteiger partial charge in [0.05, 0.1) is 19.7 Å². The summed E-state index contributed by atoms with van der Waals surface area (Å²) in [5.41, 5.74) is 6.23. The Balaban J connectivity index is 1.40. The van der Waals surface area contributed by atoms with Crippen molar-refractivity contribution >= 4 is 29.5 Å². The van der Waals surface area contributed by atoms with E-state index < -0.39 is 43.3 Å². The molecule has 1 aliphatic rings. The summed E-state index contributed by atoms with van der Waals surface area (Å²) in [4.78, 5) is 61.2. The lowest BCUT2D eigenvalue weighted by molar-refractivity contribution is -0.236. The number of aliphatic hydroxyl groups excluding tert-OH is 4. The topological polar surface area (TPSA) is 262 Å². The fraction of sp³-hybridized carbons (Fsp3) is 0.784. The minimum Gasteiger partial charge on any atom is -0.394 e. The van der Waals surface area contributed by atoms with Crippen LogP contribution < -0.4 is 32.3 Å². The number of carbonyl (C=O) groups is 5. The average Bonchev–Trinajstić information content (AvgIpc) is 3.33. The third kappa shape index (κ3) is 29.7. The first-order chi connectivity index (χ1) is 32.5. The molecule has 1 unspecified atom stereocenters. The van der Waals surface area contributed by atoms with Crippen molar-refractivity contribution in [2.45, 2.75) is 223 Å². The maximum Gasteiger partial charge on any atom is 0.242 e. The van der Waals surface area contributed by atoms with Crippen molar-refractivity contribution < 1.29 is 49.1 Å². The molecule has 1 aromatic rings. The van der Waals surface area contributed by atoms with Crippen molar-refractivity contribution in [2.24, 2.45) is 5.73 Å². The SMILES string of the molecule is NCC(=O)NCC(=O)NCCCCCCCCCCCC(=O)NC(Cc1ccccc1)C(=O)NCCCCCCCCCCCCCCCCCCCC(=O)N[C@@H]1O[C@H](CO)[C@@H](O)[C@H](O)[C@H]1O. The minimum atomic E-state index is -1.50. The number of nitrogens with two attached hydrogens (primary N) is 1. The number of aliphatic hydroxyl groups is 4. The Morgan fingerprint density at radius 3 is 1.45 bits per heavy atom. The molecule has 1 aromatic carbocycles. The van der Waals surface area contributed by atoms with Gasteiger partial charge in [0.2, 0.25) is 29.5 Å². The highest BCUT2D eigenvalue weighted by Gasteiger charge is 2.43. The summed E-state index contributed by atoms with van der Waals surface area (Å²) in [5, 5.41) is 53.0. The zero-order valence-electron chi connectivity index (χ0n) is 40.7. The zero-order valence-corrected chi connectivity index (χ0v) is 40.7. The fourth-order valence-corrected chi connectivity index (χ4v) is 8.36. The van der Waals surface area contributed by atoms with Gasteiger partial charge in [-0.15, -0.1) is 0 Å². The normalized spacial score (nSPS) is 18.5. The van der Waals surface area contributed by atoms with Gasteiger partial charge in [0.25, 0.3) is 0 Å². The molecule has 1 heterocycles. The number of rotatable bonds is 41. The molecule has 1 fully saturated rings. The maximum atomic E-state index is 13.2.